The number of benzene rings is 1. The van der Waals surface area contributed by atoms with E-state index in [0.717, 1.165) is 5.56 Å². The summed E-state index contributed by atoms with van der Waals surface area (Å²) in [6, 6.07) is 7.33. The van der Waals surface area contributed by atoms with Crippen LogP contribution in [0.2, 0.25) is 0 Å². The first kappa shape index (κ1) is 23.6. The molecule has 1 amide bonds. The van der Waals surface area contributed by atoms with E-state index in [1.807, 2.05) is 24.3 Å². The van der Waals surface area contributed by atoms with Crippen LogP contribution in [-0.4, -0.2) is 71.5 Å². The van der Waals surface area contributed by atoms with E-state index in [2.05, 4.69) is 10.0 Å². The topological polar surface area (TPSA) is 97.0 Å². The second-order valence-electron chi connectivity index (χ2n) is 5.89. The molecular weight excluding hydrogens is 394 g/mol. The molecule has 154 valence electrons. The van der Waals surface area contributed by atoms with E-state index in [1.165, 1.54) is 0 Å². The lowest BCUT2D eigenvalue weighted by molar-refractivity contribution is -0.133. The number of methoxy groups -OCH3 is 1. The zero-order valence-electron chi connectivity index (χ0n) is 15.6. The van der Waals surface area contributed by atoms with Crippen LogP contribution in [0.5, 0.6) is 5.75 Å². The molecule has 10 heteroatoms. The lowest BCUT2D eigenvalue weighted by Gasteiger charge is -2.37. The Bertz CT molecular complexity index is 702. The Morgan fingerprint density at radius 2 is 2.11 bits per heavy atom. The number of amides is 1. The molecule has 0 saturated carbocycles. The molecule has 1 aromatic rings. The number of nitrogens with zero attached hydrogens (tertiary/aromatic N) is 1. The number of halogens is 1. The van der Waals surface area contributed by atoms with Crippen molar-refractivity contribution in [2.75, 3.05) is 52.3 Å². The molecule has 1 heterocycles. The summed E-state index contributed by atoms with van der Waals surface area (Å²) < 4.78 is 36.7. The summed E-state index contributed by atoms with van der Waals surface area (Å²) in [6.45, 7) is 3.85. The van der Waals surface area contributed by atoms with Gasteiger partial charge in [0.1, 0.15) is 5.75 Å². The van der Waals surface area contributed by atoms with Gasteiger partial charge in [-0.2, -0.15) is 0 Å². The summed E-state index contributed by atoms with van der Waals surface area (Å²) >= 11 is 0. The molecule has 2 rings (SSSR count). The molecule has 8 nitrogen and oxygen atoms in total. The van der Waals surface area contributed by atoms with E-state index in [1.54, 1.807) is 18.9 Å². The normalized spacial score (nSPS) is 17.3. The van der Waals surface area contributed by atoms with Crippen molar-refractivity contribution < 1.29 is 22.7 Å². The van der Waals surface area contributed by atoms with Crippen LogP contribution in [-0.2, 0) is 19.6 Å². The van der Waals surface area contributed by atoms with Gasteiger partial charge in [-0.3, -0.25) is 4.79 Å². The summed E-state index contributed by atoms with van der Waals surface area (Å²) in [6.07, 6.45) is 0. The van der Waals surface area contributed by atoms with E-state index in [9.17, 15) is 13.2 Å². The first-order valence-corrected chi connectivity index (χ1v) is 10.3. The van der Waals surface area contributed by atoms with Crippen LogP contribution in [0.3, 0.4) is 0 Å². The molecule has 1 fully saturated rings. The number of sulfonamides is 1. The minimum Gasteiger partial charge on any atom is -0.496 e. The number of carbonyl (C=O) groups excluding carboxylic acids is 1. The van der Waals surface area contributed by atoms with E-state index in [0.29, 0.717) is 32.0 Å². The lowest BCUT2D eigenvalue weighted by atomic mass is 10.0. The molecule has 0 aromatic heterocycles. The molecule has 1 aromatic carbocycles. The van der Waals surface area contributed by atoms with Gasteiger partial charge in [0, 0.05) is 31.8 Å². The minimum absolute atomic E-state index is 0. The van der Waals surface area contributed by atoms with Crippen LogP contribution in [0.25, 0.3) is 0 Å². The fraction of sp³-hybridized carbons (Fsp3) is 0.588. The summed E-state index contributed by atoms with van der Waals surface area (Å²) in [5.74, 6) is 0.282. The molecule has 0 radical (unpaired) electrons. The van der Waals surface area contributed by atoms with Crippen molar-refractivity contribution in [3.63, 3.8) is 0 Å². The Kier molecular flexibility index (Phi) is 10.0. The molecule has 1 aliphatic heterocycles. The van der Waals surface area contributed by atoms with Crippen LogP contribution >= 0.6 is 12.4 Å². The smallest absolute Gasteiger partial charge is 0.238 e. The molecular formula is C17H28ClN3O5S. The fourth-order valence-electron chi connectivity index (χ4n) is 2.88. The quantitative estimate of drug-likeness (QED) is 0.565. The number of rotatable bonds is 9. The number of carbonyl (C=O) groups is 1. The number of hydrogen-bond donors (Lipinski definition) is 2. The molecule has 27 heavy (non-hydrogen) atoms. The van der Waals surface area contributed by atoms with Gasteiger partial charge in [-0.05, 0) is 13.0 Å². The Morgan fingerprint density at radius 1 is 1.37 bits per heavy atom. The number of nitrogens with one attached hydrogen (secondary N) is 2. The van der Waals surface area contributed by atoms with E-state index in [4.69, 9.17) is 9.47 Å². The number of para-hydroxylation sites is 1. The van der Waals surface area contributed by atoms with E-state index < -0.39 is 10.0 Å². The van der Waals surface area contributed by atoms with Gasteiger partial charge in [-0.15, -0.1) is 12.4 Å². The third-order valence-electron chi connectivity index (χ3n) is 4.21. The van der Waals surface area contributed by atoms with Crippen LogP contribution in [0, 0.1) is 0 Å². The Balaban J connectivity index is 0.00000364. The SMILES string of the molecule is CCOCCS(=O)(=O)NCC(=O)N1CCNCC1c1ccccc1OC.Cl. The van der Waals surface area contributed by atoms with Crippen molar-refractivity contribution in [1.82, 2.24) is 14.9 Å². The summed E-state index contributed by atoms with van der Waals surface area (Å²) in [4.78, 5) is 14.4. The van der Waals surface area contributed by atoms with Crippen molar-refractivity contribution in [3.8, 4) is 5.75 Å². The third kappa shape index (κ3) is 6.93. The maximum Gasteiger partial charge on any atom is 0.238 e. The number of piperazine rings is 1. The Morgan fingerprint density at radius 3 is 2.81 bits per heavy atom. The van der Waals surface area contributed by atoms with Crippen molar-refractivity contribution in [2.45, 2.75) is 13.0 Å². The van der Waals surface area contributed by atoms with E-state index >= 15 is 0 Å². The van der Waals surface area contributed by atoms with Crippen molar-refractivity contribution in [3.05, 3.63) is 29.8 Å². The predicted molar refractivity (Wildman–Crippen MR) is 106 cm³/mol. The molecule has 0 spiro atoms. The van der Waals surface area contributed by atoms with E-state index in [-0.39, 0.29) is 43.3 Å². The van der Waals surface area contributed by atoms with Gasteiger partial charge in [0.05, 0.1) is 32.1 Å². The van der Waals surface area contributed by atoms with Crippen molar-refractivity contribution >= 4 is 28.3 Å². The van der Waals surface area contributed by atoms with Gasteiger partial charge in [0.25, 0.3) is 0 Å². The highest BCUT2D eigenvalue weighted by molar-refractivity contribution is 7.89. The average Bonchev–Trinajstić information content (AvgIpc) is 2.66. The molecule has 0 bridgehead atoms. The summed E-state index contributed by atoms with van der Waals surface area (Å²) in [7, 11) is -1.95. The molecule has 1 unspecified atom stereocenters. The van der Waals surface area contributed by atoms with Crippen LogP contribution in [0.4, 0.5) is 0 Å². The van der Waals surface area contributed by atoms with Gasteiger partial charge in [0.2, 0.25) is 15.9 Å². The van der Waals surface area contributed by atoms with Gasteiger partial charge in [-0.1, -0.05) is 18.2 Å². The van der Waals surface area contributed by atoms with Gasteiger partial charge in [-0.25, -0.2) is 13.1 Å². The van der Waals surface area contributed by atoms with Gasteiger partial charge < -0.3 is 19.7 Å². The first-order chi connectivity index (χ1) is 12.5. The summed E-state index contributed by atoms with van der Waals surface area (Å²) in [5, 5.41) is 3.27. The highest BCUT2D eigenvalue weighted by Gasteiger charge is 2.30. The van der Waals surface area contributed by atoms with Crippen LogP contribution in [0.15, 0.2) is 24.3 Å². The van der Waals surface area contributed by atoms with Gasteiger partial charge in [0.15, 0.2) is 0 Å². The zero-order chi connectivity index (χ0) is 19.0. The maximum atomic E-state index is 12.7. The van der Waals surface area contributed by atoms with Crippen LogP contribution < -0.4 is 14.8 Å². The predicted octanol–water partition coefficient (Wildman–Crippen LogP) is 0.546. The average molecular weight is 422 g/mol. The lowest BCUT2D eigenvalue weighted by Crippen LogP contribution is -2.51. The fourth-order valence-corrected chi connectivity index (χ4v) is 3.71. The largest absolute Gasteiger partial charge is 0.496 e. The second kappa shape index (κ2) is 11.5. The highest BCUT2D eigenvalue weighted by atomic mass is 35.5. The van der Waals surface area contributed by atoms with Crippen LogP contribution in [0.1, 0.15) is 18.5 Å². The second-order valence-corrected chi connectivity index (χ2v) is 7.81. The van der Waals surface area contributed by atoms with Crippen molar-refractivity contribution in [1.29, 1.82) is 0 Å². The molecule has 1 atom stereocenters. The third-order valence-corrected chi connectivity index (χ3v) is 5.49. The molecule has 2 N–H and O–H groups in total. The first-order valence-electron chi connectivity index (χ1n) is 8.66. The monoisotopic (exact) mass is 421 g/mol. The Hall–Kier alpha value is -1.39. The van der Waals surface area contributed by atoms with Gasteiger partial charge >= 0.3 is 0 Å². The standard InChI is InChI=1S/C17H27N3O5S.ClH/c1-3-25-10-11-26(22,23)19-13-17(21)20-9-8-18-12-15(20)14-6-4-5-7-16(14)24-2;/h4-7,15,18-19H,3,8-13H2,1-2H3;1H. The molecule has 0 aliphatic carbocycles. The number of hydrogen-bond acceptors (Lipinski definition) is 6. The number of ether oxygens (including phenoxy) is 2. The molecule has 1 aliphatic rings. The zero-order valence-corrected chi connectivity index (χ0v) is 17.3. The minimum atomic E-state index is -3.55. The molecule has 1 saturated heterocycles. The Labute approximate surface area is 167 Å². The summed E-state index contributed by atoms with van der Waals surface area (Å²) in [5.41, 5.74) is 0.898. The highest BCUT2D eigenvalue weighted by Crippen LogP contribution is 2.30. The maximum absolute atomic E-state index is 12.7. The van der Waals surface area contributed by atoms with Crippen molar-refractivity contribution in [2.24, 2.45) is 0 Å².